The van der Waals surface area contributed by atoms with E-state index < -0.39 is 0 Å². The van der Waals surface area contributed by atoms with Crippen LogP contribution in [0.3, 0.4) is 0 Å². The fourth-order valence-corrected chi connectivity index (χ4v) is 4.66. The van der Waals surface area contributed by atoms with Crippen LogP contribution >= 0.6 is 0 Å². The van der Waals surface area contributed by atoms with Crippen LogP contribution in [0.25, 0.3) is 0 Å². The van der Waals surface area contributed by atoms with Crippen molar-refractivity contribution in [1.82, 2.24) is 0 Å². The van der Waals surface area contributed by atoms with Gasteiger partial charge in [-0.3, -0.25) is 0 Å². The molecule has 0 heterocycles. The first-order valence-corrected chi connectivity index (χ1v) is 11.0. The summed E-state index contributed by atoms with van der Waals surface area (Å²) in [5.74, 6) is 0.859. The van der Waals surface area contributed by atoms with Crippen molar-refractivity contribution in [2.75, 3.05) is 0 Å². The lowest BCUT2D eigenvalue weighted by Crippen LogP contribution is -2.28. The van der Waals surface area contributed by atoms with Crippen LogP contribution in [0.2, 0.25) is 0 Å². The fourth-order valence-electron chi connectivity index (χ4n) is 4.66. The molecule has 0 amide bonds. The molecule has 1 saturated carbocycles. The number of benzene rings is 2. The number of carbonyl (C=O) groups is 1. The lowest BCUT2D eigenvalue weighted by molar-refractivity contribution is 0.0734. The molecule has 2 aromatic carbocycles. The lowest BCUT2D eigenvalue weighted by Gasteiger charge is -2.37. The lowest BCUT2D eigenvalue weighted by atomic mass is 9.68. The molecule has 2 heteroatoms. The van der Waals surface area contributed by atoms with Crippen molar-refractivity contribution >= 4 is 5.97 Å². The molecule has 1 atom stereocenters. The van der Waals surface area contributed by atoms with E-state index in [-0.39, 0.29) is 5.97 Å². The topological polar surface area (TPSA) is 26.3 Å². The second-order valence-corrected chi connectivity index (χ2v) is 8.42. The van der Waals surface area contributed by atoms with Gasteiger partial charge in [-0.2, -0.15) is 0 Å². The summed E-state index contributed by atoms with van der Waals surface area (Å²) in [6, 6.07) is 16.1. The fraction of sp³-hybridized carbons (Fsp3) is 0.500. The van der Waals surface area contributed by atoms with Gasteiger partial charge in [-0.15, -0.1) is 0 Å². The molecular formula is C26H34O2. The number of rotatable bonds is 7. The van der Waals surface area contributed by atoms with Gasteiger partial charge >= 0.3 is 5.97 Å². The van der Waals surface area contributed by atoms with Crippen LogP contribution < -0.4 is 4.74 Å². The maximum Gasteiger partial charge on any atom is 0.343 e. The van der Waals surface area contributed by atoms with E-state index in [0.29, 0.717) is 22.6 Å². The second-order valence-electron chi connectivity index (χ2n) is 8.42. The van der Waals surface area contributed by atoms with Crippen LogP contribution in [0, 0.1) is 0 Å². The molecule has 1 unspecified atom stereocenters. The van der Waals surface area contributed by atoms with Gasteiger partial charge in [0.25, 0.3) is 0 Å². The summed E-state index contributed by atoms with van der Waals surface area (Å²) >= 11 is 0. The van der Waals surface area contributed by atoms with Gasteiger partial charge in [0.05, 0.1) is 5.56 Å². The molecule has 1 fully saturated rings. The molecule has 0 aromatic heterocycles. The van der Waals surface area contributed by atoms with Crippen LogP contribution in [0.15, 0.2) is 48.5 Å². The van der Waals surface area contributed by atoms with Crippen LogP contribution in [0.5, 0.6) is 5.75 Å². The minimum Gasteiger partial charge on any atom is -0.423 e. The number of hydrogen-bond acceptors (Lipinski definition) is 2. The normalized spacial score (nSPS) is 17.1. The van der Waals surface area contributed by atoms with Crippen molar-refractivity contribution in [2.24, 2.45) is 0 Å². The van der Waals surface area contributed by atoms with Gasteiger partial charge in [-0.25, -0.2) is 4.79 Å². The van der Waals surface area contributed by atoms with Crippen molar-refractivity contribution in [3.8, 4) is 5.75 Å². The van der Waals surface area contributed by atoms with Crippen molar-refractivity contribution in [2.45, 2.75) is 83.5 Å². The van der Waals surface area contributed by atoms with E-state index in [1.54, 1.807) is 0 Å². The van der Waals surface area contributed by atoms with Gasteiger partial charge in [-0.1, -0.05) is 70.7 Å². The molecular weight excluding hydrogens is 344 g/mol. The van der Waals surface area contributed by atoms with Crippen LogP contribution in [0.4, 0.5) is 0 Å². The number of ether oxygens (including phenoxy) is 1. The molecule has 1 aliphatic rings. The Morgan fingerprint density at radius 2 is 1.61 bits per heavy atom. The average molecular weight is 379 g/mol. The third kappa shape index (κ3) is 4.66. The van der Waals surface area contributed by atoms with Crippen molar-refractivity contribution in [3.63, 3.8) is 0 Å². The Labute approximate surface area is 170 Å². The summed E-state index contributed by atoms with van der Waals surface area (Å²) in [7, 11) is 0. The molecule has 0 saturated heterocycles. The molecule has 3 rings (SSSR count). The van der Waals surface area contributed by atoms with E-state index in [2.05, 4.69) is 32.9 Å². The zero-order valence-electron chi connectivity index (χ0n) is 17.7. The molecule has 1 aliphatic carbocycles. The minimum atomic E-state index is -0.287. The molecule has 2 aromatic rings. The van der Waals surface area contributed by atoms with E-state index in [1.807, 2.05) is 36.4 Å². The Kier molecular flexibility index (Phi) is 6.93. The summed E-state index contributed by atoms with van der Waals surface area (Å²) in [4.78, 5) is 12.5. The van der Waals surface area contributed by atoms with Crippen LogP contribution in [-0.4, -0.2) is 5.97 Å². The standard InChI is InChI=1S/C26H34O2/c1-4-9-20(3)21-10-12-22(13-11-21)25(27)28-24-16-14-23(15-17-24)26(5-2)18-7-6-8-19-26/h10-17,20H,4-9,18-19H2,1-3H3. The summed E-state index contributed by atoms with van der Waals surface area (Å²) in [6.45, 7) is 6.72. The quantitative estimate of drug-likeness (QED) is 0.370. The van der Waals surface area contributed by atoms with E-state index in [9.17, 15) is 4.79 Å². The Balaban J connectivity index is 1.66. The monoisotopic (exact) mass is 378 g/mol. The second kappa shape index (κ2) is 9.41. The van der Waals surface area contributed by atoms with Crippen molar-refractivity contribution in [3.05, 3.63) is 65.2 Å². The van der Waals surface area contributed by atoms with Gasteiger partial charge in [0.15, 0.2) is 0 Å². The summed E-state index contributed by atoms with van der Waals surface area (Å²) < 4.78 is 5.62. The first kappa shape index (κ1) is 20.6. The van der Waals surface area contributed by atoms with Gasteiger partial charge in [0.1, 0.15) is 5.75 Å². The molecule has 0 radical (unpaired) electrons. The first-order valence-electron chi connectivity index (χ1n) is 11.0. The molecule has 0 spiro atoms. The molecule has 0 bridgehead atoms. The Morgan fingerprint density at radius 3 is 2.18 bits per heavy atom. The highest BCUT2D eigenvalue weighted by Crippen LogP contribution is 2.42. The molecule has 150 valence electrons. The SMILES string of the molecule is CCCC(C)c1ccc(C(=O)Oc2ccc(C3(CC)CCCCC3)cc2)cc1. The van der Waals surface area contributed by atoms with Gasteiger partial charge < -0.3 is 4.74 Å². The van der Waals surface area contributed by atoms with Gasteiger partial charge in [0, 0.05) is 0 Å². The van der Waals surface area contributed by atoms with Crippen LogP contribution in [0.1, 0.15) is 99.5 Å². The Bertz CT molecular complexity index is 752. The van der Waals surface area contributed by atoms with E-state index in [1.165, 1.54) is 56.1 Å². The number of esters is 1. The average Bonchev–Trinajstić information content (AvgIpc) is 2.75. The summed E-state index contributed by atoms with van der Waals surface area (Å²) in [5.41, 5.74) is 3.59. The zero-order valence-corrected chi connectivity index (χ0v) is 17.7. The Morgan fingerprint density at radius 1 is 0.964 bits per heavy atom. The summed E-state index contributed by atoms with van der Waals surface area (Å²) in [6.07, 6.45) is 10.0. The smallest absolute Gasteiger partial charge is 0.343 e. The zero-order chi connectivity index (χ0) is 20.0. The predicted octanol–water partition coefficient (Wildman–Crippen LogP) is 7.42. The maximum atomic E-state index is 12.5. The van der Waals surface area contributed by atoms with Crippen molar-refractivity contribution in [1.29, 1.82) is 0 Å². The highest BCUT2D eigenvalue weighted by molar-refractivity contribution is 5.91. The van der Waals surface area contributed by atoms with E-state index in [0.717, 1.165) is 6.42 Å². The Hall–Kier alpha value is -2.09. The summed E-state index contributed by atoms with van der Waals surface area (Å²) in [5, 5.41) is 0. The minimum absolute atomic E-state index is 0.287. The van der Waals surface area contributed by atoms with E-state index >= 15 is 0 Å². The van der Waals surface area contributed by atoms with Crippen LogP contribution in [-0.2, 0) is 5.41 Å². The number of carbonyl (C=O) groups excluding carboxylic acids is 1. The largest absolute Gasteiger partial charge is 0.423 e. The molecule has 0 N–H and O–H groups in total. The number of hydrogen-bond donors (Lipinski definition) is 0. The molecule has 28 heavy (non-hydrogen) atoms. The highest BCUT2D eigenvalue weighted by Gasteiger charge is 2.31. The molecule has 0 aliphatic heterocycles. The highest BCUT2D eigenvalue weighted by atomic mass is 16.5. The van der Waals surface area contributed by atoms with Gasteiger partial charge in [0.2, 0.25) is 0 Å². The molecule has 2 nitrogen and oxygen atoms in total. The third-order valence-electron chi connectivity index (χ3n) is 6.60. The van der Waals surface area contributed by atoms with Crippen molar-refractivity contribution < 1.29 is 9.53 Å². The van der Waals surface area contributed by atoms with Gasteiger partial charge in [-0.05, 0) is 72.4 Å². The van der Waals surface area contributed by atoms with E-state index in [4.69, 9.17) is 4.74 Å². The first-order chi connectivity index (χ1) is 13.6. The third-order valence-corrected chi connectivity index (χ3v) is 6.60. The maximum absolute atomic E-state index is 12.5. The predicted molar refractivity (Wildman–Crippen MR) is 116 cm³/mol.